The van der Waals surface area contributed by atoms with E-state index >= 15 is 0 Å². The summed E-state index contributed by atoms with van der Waals surface area (Å²) in [6, 6.07) is 7.81. The highest BCUT2D eigenvalue weighted by Crippen LogP contribution is 2.11. The van der Waals surface area contributed by atoms with Crippen LogP contribution in [0.4, 0.5) is 0 Å². The molecule has 0 aliphatic heterocycles. The molecule has 0 fully saturated rings. The Morgan fingerprint density at radius 3 is 2.47 bits per heavy atom. The van der Waals surface area contributed by atoms with Crippen LogP contribution in [-0.2, 0) is 6.54 Å². The van der Waals surface area contributed by atoms with Crippen LogP contribution in [-0.4, -0.2) is 49.2 Å². The zero-order valence-corrected chi connectivity index (χ0v) is 11.4. The van der Waals surface area contributed by atoms with E-state index in [1.54, 1.807) is 6.92 Å². The fourth-order valence-electron chi connectivity index (χ4n) is 1.59. The molecule has 0 aliphatic rings. The van der Waals surface area contributed by atoms with Crippen molar-refractivity contribution < 1.29 is 14.9 Å². The van der Waals surface area contributed by atoms with E-state index in [4.69, 9.17) is 14.9 Å². The van der Waals surface area contributed by atoms with E-state index in [9.17, 15) is 0 Å². The van der Waals surface area contributed by atoms with Crippen molar-refractivity contribution in [3.63, 3.8) is 0 Å². The van der Waals surface area contributed by atoms with Gasteiger partial charge in [-0.3, -0.25) is 0 Å². The lowest BCUT2D eigenvalue weighted by Gasteiger charge is -2.09. The molecule has 5 nitrogen and oxygen atoms in total. The maximum atomic E-state index is 9.06. The third-order valence-electron chi connectivity index (χ3n) is 2.53. The summed E-state index contributed by atoms with van der Waals surface area (Å²) in [5, 5.41) is 24.2. The molecule has 0 spiro atoms. The molecule has 0 bridgehead atoms. The van der Waals surface area contributed by atoms with E-state index in [-0.39, 0.29) is 12.7 Å². The molecule has 1 aromatic carbocycles. The summed E-state index contributed by atoms with van der Waals surface area (Å²) in [5.74, 6) is 0.774. The molecule has 19 heavy (non-hydrogen) atoms. The van der Waals surface area contributed by atoms with E-state index < -0.39 is 0 Å². The molecular formula is C14H24N2O3. The first kappa shape index (κ1) is 15.9. The van der Waals surface area contributed by atoms with Gasteiger partial charge in [-0.2, -0.15) is 0 Å². The Morgan fingerprint density at radius 1 is 1.16 bits per heavy atom. The van der Waals surface area contributed by atoms with Crippen LogP contribution in [0.5, 0.6) is 5.75 Å². The molecule has 5 heteroatoms. The molecule has 4 N–H and O–H groups in total. The first-order chi connectivity index (χ1) is 9.22. The van der Waals surface area contributed by atoms with Crippen LogP contribution >= 0.6 is 0 Å². The SMILES string of the molecule is CC(O)CNCCNCc1ccc(OCCO)cc1. The highest BCUT2D eigenvalue weighted by molar-refractivity contribution is 5.27. The summed E-state index contributed by atoms with van der Waals surface area (Å²) in [6.45, 7) is 5.24. The van der Waals surface area contributed by atoms with E-state index in [0.717, 1.165) is 25.4 Å². The summed E-state index contributed by atoms with van der Waals surface area (Å²) >= 11 is 0. The van der Waals surface area contributed by atoms with E-state index in [2.05, 4.69) is 10.6 Å². The minimum atomic E-state index is -0.300. The van der Waals surface area contributed by atoms with Gasteiger partial charge in [-0.1, -0.05) is 12.1 Å². The Labute approximate surface area is 114 Å². The lowest BCUT2D eigenvalue weighted by Crippen LogP contribution is -2.31. The van der Waals surface area contributed by atoms with Gasteiger partial charge in [0, 0.05) is 26.2 Å². The smallest absolute Gasteiger partial charge is 0.119 e. The summed E-state index contributed by atoms with van der Waals surface area (Å²) in [4.78, 5) is 0. The van der Waals surface area contributed by atoms with Gasteiger partial charge >= 0.3 is 0 Å². The van der Waals surface area contributed by atoms with E-state index in [1.807, 2.05) is 24.3 Å². The maximum absolute atomic E-state index is 9.06. The van der Waals surface area contributed by atoms with Crippen LogP contribution < -0.4 is 15.4 Å². The molecule has 0 aromatic heterocycles. The van der Waals surface area contributed by atoms with Gasteiger partial charge in [-0.15, -0.1) is 0 Å². The number of rotatable bonds is 10. The average molecular weight is 268 g/mol. The summed E-state index contributed by atoms with van der Waals surface area (Å²) in [6.07, 6.45) is -0.300. The fraction of sp³-hybridized carbons (Fsp3) is 0.571. The zero-order chi connectivity index (χ0) is 13.9. The maximum Gasteiger partial charge on any atom is 0.119 e. The first-order valence-corrected chi connectivity index (χ1v) is 6.64. The number of hydrogen-bond acceptors (Lipinski definition) is 5. The van der Waals surface area contributed by atoms with Gasteiger partial charge in [-0.25, -0.2) is 0 Å². The molecule has 0 saturated heterocycles. The Hall–Kier alpha value is -1.14. The lowest BCUT2D eigenvalue weighted by molar-refractivity contribution is 0.191. The van der Waals surface area contributed by atoms with E-state index in [1.165, 1.54) is 5.56 Å². The van der Waals surface area contributed by atoms with Crippen molar-refractivity contribution in [1.29, 1.82) is 0 Å². The standard InChI is InChI=1S/C14H24N2O3/c1-12(18)10-15-6-7-16-11-13-2-4-14(5-3-13)19-9-8-17/h2-5,12,15-18H,6-11H2,1H3. The van der Waals surface area contributed by atoms with Crippen molar-refractivity contribution in [3.8, 4) is 5.75 Å². The van der Waals surface area contributed by atoms with Gasteiger partial charge in [-0.05, 0) is 24.6 Å². The van der Waals surface area contributed by atoms with Crippen LogP contribution in [0.15, 0.2) is 24.3 Å². The number of hydrogen-bond donors (Lipinski definition) is 4. The monoisotopic (exact) mass is 268 g/mol. The molecular weight excluding hydrogens is 244 g/mol. The average Bonchev–Trinajstić information content (AvgIpc) is 2.41. The van der Waals surface area contributed by atoms with Crippen LogP contribution in [0.3, 0.4) is 0 Å². The van der Waals surface area contributed by atoms with Gasteiger partial charge in [0.2, 0.25) is 0 Å². The van der Waals surface area contributed by atoms with Gasteiger partial charge in [0.25, 0.3) is 0 Å². The number of nitrogens with one attached hydrogen (secondary N) is 2. The van der Waals surface area contributed by atoms with Crippen LogP contribution in [0.2, 0.25) is 0 Å². The Balaban J connectivity index is 2.12. The largest absolute Gasteiger partial charge is 0.491 e. The number of aliphatic hydroxyl groups is 2. The lowest BCUT2D eigenvalue weighted by atomic mass is 10.2. The predicted octanol–water partition coefficient (Wildman–Crippen LogP) is 0.118. The quantitative estimate of drug-likeness (QED) is 0.454. The summed E-state index contributed by atoms with van der Waals surface area (Å²) in [7, 11) is 0. The molecule has 0 amide bonds. The second-order valence-corrected chi connectivity index (χ2v) is 4.45. The van der Waals surface area contributed by atoms with E-state index in [0.29, 0.717) is 13.2 Å². The second-order valence-electron chi connectivity index (χ2n) is 4.45. The molecule has 1 aromatic rings. The summed E-state index contributed by atoms with van der Waals surface area (Å²) < 4.78 is 5.29. The second kappa shape index (κ2) is 9.75. The highest BCUT2D eigenvalue weighted by Gasteiger charge is 1.96. The molecule has 1 atom stereocenters. The Kier molecular flexibility index (Phi) is 8.16. The van der Waals surface area contributed by atoms with Crippen molar-refractivity contribution in [2.45, 2.75) is 19.6 Å². The topological polar surface area (TPSA) is 73.8 Å². The molecule has 0 radical (unpaired) electrons. The number of ether oxygens (including phenoxy) is 1. The van der Waals surface area contributed by atoms with Crippen molar-refractivity contribution in [3.05, 3.63) is 29.8 Å². The van der Waals surface area contributed by atoms with Crippen molar-refractivity contribution in [1.82, 2.24) is 10.6 Å². The van der Waals surface area contributed by atoms with Crippen LogP contribution in [0, 0.1) is 0 Å². The molecule has 0 saturated carbocycles. The first-order valence-electron chi connectivity index (χ1n) is 6.64. The van der Waals surface area contributed by atoms with Crippen molar-refractivity contribution in [2.75, 3.05) is 32.8 Å². The normalized spacial score (nSPS) is 12.4. The Bertz CT molecular complexity index is 328. The fourth-order valence-corrected chi connectivity index (χ4v) is 1.59. The molecule has 1 unspecified atom stereocenters. The van der Waals surface area contributed by atoms with Crippen LogP contribution in [0.25, 0.3) is 0 Å². The van der Waals surface area contributed by atoms with Gasteiger partial charge < -0.3 is 25.6 Å². The highest BCUT2D eigenvalue weighted by atomic mass is 16.5. The van der Waals surface area contributed by atoms with Crippen LogP contribution in [0.1, 0.15) is 12.5 Å². The minimum absolute atomic E-state index is 0.0305. The van der Waals surface area contributed by atoms with Crippen molar-refractivity contribution in [2.24, 2.45) is 0 Å². The third-order valence-corrected chi connectivity index (χ3v) is 2.53. The number of benzene rings is 1. The molecule has 1 rings (SSSR count). The third kappa shape index (κ3) is 7.79. The molecule has 0 aliphatic carbocycles. The molecule has 108 valence electrons. The van der Waals surface area contributed by atoms with Gasteiger partial charge in [0.1, 0.15) is 12.4 Å². The predicted molar refractivity (Wildman–Crippen MR) is 75.3 cm³/mol. The Morgan fingerprint density at radius 2 is 1.84 bits per heavy atom. The zero-order valence-electron chi connectivity index (χ0n) is 11.4. The van der Waals surface area contributed by atoms with Gasteiger partial charge in [0.15, 0.2) is 0 Å². The van der Waals surface area contributed by atoms with Gasteiger partial charge in [0.05, 0.1) is 12.7 Å². The van der Waals surface area contributed by atoms with Crippen molar-refractivity contribution >= 4 is 0 Å². The number of aliphatic hydroxyl groups excluding tert-OH is 2. The summed E-state index contributed by atoms with van der Waals surface area (Å²) in [5.41, 5.74) is 1.19. The minimum Gasteiger partial charge on any atom is -0.491 e. The molecule has 0 heterocycles.